The number of hydrogen-bond donors (Lipinski definition) is 2. The first kappa shape index (κ1) is 15.2. The molecule has 0 radical (unpaired) electrons. The van der Waals surface area contributed by atoms with E-state index in [1.54, 1.807) is 0 Å². The van der Waals surface area contributed by atoms with Crippen molar-refractivity contribution in [2.75, 3.05) is 11.9 Å². The minimum Gasteiger partial charge on any atom is -0.508 e. The van der Waals surface area contributed by atoms with Gasteiger partial charge in [-0.25, -0.2) is 4.39 Å². The summed E-state index contributed by atoms with van der Waals surface area (Å²) in [6.45, 7) is 5.29. The Morgan fingerprint density at radius 1 is 1.19 bits per heavy atom. The lowest BCUT2D eigenvalue weighted by molar-refractivity contribution is 0.271. The highest BCUT2D eigenvalue weighted by atomic mass is 19.1. The number of anilines is 1. The third-order valence-electron chi connectivity index (χ3n) is 2.86. The highest BCUT2D eigenvalue weighted by Gasteiger charge is 2.02. The Hall–Kier alpha value is -2.23. The summed E-state index contributed by atoms with van der Waals surface area (Å²) >= 11 is 0. The van der Waals surface area contributed by atoms with E-state index in [1.807, 2.05) is 24.3 Å². The van der Waals surface area contributed by atoms with Gasteiger partial charge in [-0.3, -0.25) is 0 Å². The zero-order valence-electron chi connectivity index (χ0n) is 12.3. The lowest BCUT2D eigenvalue weighted by Crippen LogP contribution is -2.05. The molecule has 0 fully saturated rings. The zero-order valence-corrected chi connectivity index (χ0v) is 12.3. The first-order chi connectivity index (χ1) is 10.0. The summed E-state index contributed by atoms with van der Waals surface area (Å²) in [5.74, 6) is 0.759. The Bertz CT molecular complexity index is 579. The third kappa shape index (κ3) is 4.99. The van der Waals surface area contributed by atoms with Crippen molar-refractivity contribution in [3.05, 3.63) is 53.8 Å². The van der Waals surface area contributed by atoms with Crippen molar-refractivity contribution >= 4 is 5.69 Å². The average Bonchev–Trinajstić information content (AvgIpc) is 2.42. The van der Waals surface area contributed by atoms with Crippen molar-refractivity contribution in [2.45, 2.75) is 20.4 Å². The third-order valence-corrected chi connectivity index (χ3v) is 2.86. The second kappa shape index (κ2) is 6.97. The fourth-order valence-electron chi connectivity index (χ4n) is 1.90. The van der Waals surface area contributed by atoms with Gasteiger partial charge in [-0.05, 0) is 35.7 Å². The lowest BCUT2D eigenvalue weighted by Gasteiger charge is -2.11. The topological polar surface area (TPSA) is 41.5 Å². The van der Waals surface area contributed by atoms with E-state index < -0.39 is 5.82 Å². The molecule has 112 valence electrons. The molecule has 0 bridgehead atoms. The number of ether oxygens (including phenoxy) is 1. The number of nitrogens with one attached hydrogen (secondary N) is 1. The van der Waals surface area contributed by atoms with Crippen LogP contribution < -0.4 is 10.1 Å². The van der Waals surface area contributed by atoms with Crippen molar-refractivity contribution in [3.63, 3.8) is 0 Å². The molecule has 0 spiro atoms. The van der Waals surface area contributed by atoms with Crippen molar-refractivity contribution in [2.24, 2.45) is 5.92 Å². The fraction of sp³-hybridized carbons (Fsp3) is 0.294. The molecule has 0 atom stereocenters. The van der Waals surface area contributed by atoms with Gasteiger partial charge in [-0.1, -0.05) is 19.9 Å². The van der Waals surface area contributed by atoms with Gasteiger partial charge in [0.1, 0.15) is 17.3 Å². The van der Waals surface area contributed by atoms with Gasteiger partial charge in [0.25, 0.3) is 0 Å². The van der Waals surface area contributed by atoms with Crippen molar-refractivity contribution in [1.82, 2.24) is 0 Å². The normalized spacial score (nSPS) is 10.7. The Morgan fingerprint density at radius 2 is 2.00 bits per heavy atom. The lowest BCUT2D eigenvalue weighted by atomic mass is 10.2. The van der Waals surface area contributed by atoms with Crippen LogP contribution in [0, 0.1) is 11.7 Å². The monoisotopic (exact) mass is 289 g/mol. The maximum Gasteiger partial charge on any atom is 0.127 e. The second-order valence-electron chi connectivity index (χ2n) is 5.40. The Balaban J connectivity index is 1.98. The molecule has 21 heavy (non-hydrogen) atoms. The molecule has 0 unspecified atom stereocenters. The molecule has 0 saturated heterocycles. The fourth-order valence-corrected chi connectivity index (χ4v) is 1.90. The maximum atomic E-state index is 13.2. The maximum absolute atomic E-state index is 13.2. The van der Waals surface area contributed by atoms with E-state index in [1.165, 1.54) is 12.1 Å². The SMILES string of the molecule is CC(C)COc1cccc(NCc2cc(O)cc(F)c2)c1. The molecule has 0 aliphatic rings. The summed E-state index contributed by atoms with van der Waals surface area (Å²) in [6, 6.07) is 11.6. The van der Waals surface area contributed by atoms with E-state index in [9.17, 15) is 9.50 Å². The summed E-state index contributed by atoms with van der Waals surface area (Å²) < 4.78 is 18.8. The van der Waals surface area contributed by atoms with Gasteiger partial charge in [-0.2, -0.15) is 0 Å². The van der Waals surface area contributed by atoms with Crippen LogP contribution >= 0.6 is 0 Å². The smallest absolute Gasteiger partial charge is 0.127 e. The highest BCUT2D eigenvalue weighted by Crippen LogP contribution is 2.20. The van der Waals surface area contributed by atoms with E-state index in [4.69, 9.17) is 4.74 Å². The van der Waals surface area contributed by atoms with Gasteiger partial charge in [0.2, 0.25) is 0 Å². The van der Waals surface area contributed by atoms with E-state index in [0.29, 0.717) is 24.6 Å². The van der Waals surface area contributed by atoms with Crippen LogP contribution in [-0.4, -0.2) is 11.7 Å². The summed E-state index contributed by atoms with van der Waals surface area (Å²) in [5.41, 5.74) is 1.57. The number of halogens is 1. The summed E-state index contributed by atoms with van der Waals surface area (Å²) in [6.07, 6.45) is 0. The van der Waals surface area contributed by atoms with Crippen LogP contribution in [0.3, 0.4) is 0 Å². The number of phenolic OH excluding ortho intramolecular Hbond substituents is 1. The molecule has 0 amide bonds. The quantitative estimate of drug-likeness (QED) is 0.838. The van der Waals surface area contributed by atoms with Gasteiger partial charge >= 0.3 is 0 Å². The summed E-state index contributed by atoms with van der Waals surface area (Å²) in [7, 11) is 0. The molecule has 2 aromatic carbocycles. The van der Waals surface area contributed by atoms with Crippen LogP contribution in [-0.2, 0) is 6.54 Å². The van der Waals surface area contributed by atoms with Crippen molar-refractivity contribution < 1.29 is 14.2 Å². The molecule has 0 aliphatic carbocycles. The highest BCUT2D eigenvalue weighted by molar-refractivity contribution is 5.48. The molecule has 4 heteroatoms. The van der Waals surface area contributed by atoms with Crippen LogP contribution in [0.5, 0.6) is 11.5 Å². The first-order valence-electron chi connectivity index (χ1n) is 6.98. The van der Waals surface area contributed by atoms with E-state index >= 15 is 0 Å². The van der Waals surface area contributed by atoms with Gasteiger partial charge in [-0.15, -0.1) is 0 Å². The number of hydrogen-bond acceptors (Lipinski definition) is 3. The van der Waals surface area contributed by atoms with Crippen molar-refractivity contribution in [1.29, 1.82) is 0 Å². The molecule has 0 saturated carbocycles. The molecule has 2 N–H and O–H groups in total. The van der Waals surface area contributed by atoms with Crippen LogP contribution in [0.25, 0.3) is 0 Å². The Kier molecular flexibility index (Phi) is 5.04. The minimum absolute atomic E-state index is 0.0687. The van der Waals surface area contributed by atoms with E-state index in [0.717, 1.165) is 17.5 Å². The number of aromatic hydroxyl groups is 1. The largest absolute Gasteiger partial charge is 0.508 e. The Labute approximate surface area is 124 Å². The molecule has 0 heterocycles. The molecule has 0 aliphatic heterocycles. The first-order valence-corrected chi connectivity index (χ1v) is 6.98. The van der Waals surface area contributed by atoms with Crippen LogP contribution in [0.15, 0.2) is 42.5 Å². The molecule has 0 aromatic heterocycles. The molecule has 3 nitrogen and oxygen atoms in total. The Morgan fingerprint density at radius 3 is 2.71 bits per heavy atom. The minimum atomic E-state index is -0.444. The zero-order chi connectivity index (χ0) is 15.2. The van der Waals surface area contributed by atoms with Crippen LogP contribution in [0.4, 0.5) is 10.1 Å². The van der Waals surface area contributed by atoms with Gasteiger partial charge in [0, 0.05) is 24.4 Å². The van der Waals surface area contributed by atoms with Gasteiger partial charge < -0.3 is 15.2 Å². The standard InChI is InChI=1S/C17H20FNO2/c1-12(2)11-21-17-5-3-4-15(9-17)19-10-13-6-14(18)8-16(20)7-13/h3-9,12,19-20H,10-11H2,1-2H3. The van der Waals surface area contributed by atoms with E-state index in [-0.39, 0.29) is 5.75 Å². The number of rotatable bonds is 6. The van der Waals surface area contributed by atoms with Gasteiger partial charge in [0.05, 0.1) is 6.61 Å². The van der Waals surface area contributed by atoms with E-state index in [2.05, 4.69) is 19.2 Å². The number of phenols is 1. The number of benzene rings is 2. The second-order valence-corrected chi connectivity index (χ2v) is 5.40. The van der Waals surface area contributed by atoms with Crippen LogP contribution in [0.2, 0.25) is 0 Å². The molecular formula is C17H20FNO2. The van der Waals surface area contributed by atoms with Crippen LogP contribution in [0.1, 0.15) is 19.4 Å². The molecule has 2 rings (SSSR count). The van der Waals surface area contributed by atoms with Gasteiger partial charge in [0.15, 0.2) is 0 Å². The summed E-state index contributed by atoms with van der Waals surface area (Å²) in [5, 5.41) is 12.6. The predicted molar refractivity (Wildman–Crippen MR) is 82.2 cm³/mol. The average molecular weight is 289 g/mol. The molecular weight excluding hydrogens is 269 g/mol. The predicted octanol–water partition coefficient (Wildman–Crippen LogP) is 4.18. The van der Waals surface area contributed by atoms with Crippen molar-refractivity contribution in [3.8, 4) is 11.5 Å². The summed E-state index contributed by atoms with van der Waals surface area (Å²) in [4.78, 5) is 0. The molecule has 2 aromatic rings.